The summed E-state index contributed by atoms with van der Waals surface area (Å²) < 4.78 is 24.6. The number of carbonyl (C=O) groups excluding carboxylic acids is 1. The van der Waals surface area contributed by atoms with Gasteiger partial charge in [0.25, 0.3) is 0 Å². The summed E-state index contributed by atoms with van der Waals surface area (Å²) >= 11 is 0. The normalized spacial score (nSPS) is 11.2. The van der Waals surface area contributed by atoms with Gasteiger partial charge in [-0.3, -0.25) is 4.79 Å². The molecular formula is C20H16O3S. The Morgan fingerprint density at radius 3 is 1.75 bits per heavy atom. The third-order valence-electron chi connectivity index (χ3n) is 3.74. The molecule has 0 saturated carbocycles. The summed E-state index contributed by atoms with van der Waals surface area (Å²) in [5.41, 5.74) is 2.43. The molecule has 0 heterocycles. The quantitative estimate of drug-likeness (QED) is 0.662. The molecule has 0 radical (unpaired) electrons. The number of ketones is 1. The van der Waals surface area contributed by atoms with Crippen LogP contribution in [-0.2, 0) is 9.84 Å². The van der Waals surface area contributed by atoms with Crippen molar-refractivity contribution in [1.29, 1.82) is 0 Å². The number of carbonyl (C=O) groups is 1. The minimum absolute atomic E-state index is 0.166. The van der Waals surface area contributed by atoms with E-state index in [9.17, 15) is 13.2 Å². The first kappa shape index (κ1) is 16.1. The van der Waals surface area contributed by atoms with E-state index in [1.165, 1.54) is 12.1 Å². The van der Waals surface area contributed by atoms with E-state index in [2.05, 4.69) is 0 Å². The number of rotatable bonds is 5. The SMILES string of the molecule is O=C(CS(=O)(=O)c1ccccc1)c1ccc(-c2ccccc2)cc1. The van der Waals surface area contributed by atoms with Crippen molar-refractivity contribution in [3.8, 4) is 11.1 Å². The molecule has 0 unspecified atom stereocenters. The predicted octanol–water partition coefficient (Wildman–Crippen LogP) is 4.01. The van der Waals surface area contributed by atoms with E-state index >= 15 is 0 Å². The first-order valence-electron chi connectivity index (χ1n) is 7.53. The monoisotopic (exact) mass is 336 g/mol. The highest BCUT2D eigenvalue weighted by Gasteiger charge is 2.20. The number of sulfone groups is 1. The highest BCUT2D eigenvalue weighted by Crippen LogP contribution is 2.20. The van der Waals surface area contributed by atoms with Gasteiger partial charge in [-0.25, -0.2) is 8.42 Å². The first-order chi connectivity index (χ1) is 11.6. The van der Waals surface area contributed by atoms with E-state index < -0.39 is 21.4 Å². The van der Waals surface area contributed by atoms with Gasteiger partial charge < -0.3 is 0 Å². The fourth-order valence-electron chi connectivity index (χ4n) is 2.45. The Morgan fingerprint density at radius 1 is 0.667 bits per heavy atom. The van der Waals surface area contributed by atoms with E-state index in [1.54, 1.807) is 30.3 Å². The van der Waals surface area contributed by atoms with Crippen LogP contribution in [0.2, 0.25) is 0 Å². The zero-order chi connectivity index (χ0) is 17.0. The zero-order valence-electron chi connectivity index (χ0n) is 12.9. The topological polar surface area (TPSA) is 51.2 Å². The number of Topliss-reactive ketones (excluding diaryl/α,β-unsaturated/α-hetero) is 1. The average molecular weight is 336 g/mol. The van der Waals surface area contributed by atoms with Crippen molar-refractivity contribution < 1.29 is 13.2 Å². The molecule has 0 fully saturated rings. The lowest BCUT2D eigenvalue weighted by Crippen LogP contribution is -2.16. The van der Waals surface area contributed by atoms with Crippen molar-refractivity contribution in [2.45, 2.75) is 4.90 Å². The average Bonchev–Trinajstić information content (AvgIpc) is 2.63. The molecule has 0 aliphatic rings. The Hall–Kier alpha value is -2.72. The largest absolute Gasteiger partial charge is 0.293 e. The summed E-state index contributed by atoms with van der Waals surface area (Å²) in [4.78, 5) is 12.5. The molecule has 4 heteroatoms. The number of hydrogen-bond acceptors (Lipinski definition) is 3. The summed E-state index contributed by atoms with van der Waals surface area (Å²) in [6.45, 7) is 0. The van der Waals surface area contributed by atoms with Gasteiger partial charge in [0.05, 0.1) is 4.90 Å². The Morgan fingerprint density at radius 2 is 1.17 bits per heavy atom. The van der Waals surface area contributed by atoms with E-state index in [1.807, 2.05) is 42.5 Å². The molecule has 0 bridgehead atoms. The van der Waals surface area contributed by atoms with E-state index in [0.29, 0.717) is 5.56 Å². The number of hydrogen-bond donors (Lipinski definition) is 0. The van der Waals surface area contributed by atoms with Gasteiger partial charge in [0, 0.05) is 5.56 Å². The number of benzene rings is 3. The summed E-state index contributed by atoms with van der Waals surface area (Å²) in [5, 5.41) is 0. The molecule has 0 spiro atoms. The Kier molecular flexibility index (Phi) is 4.58. The van der Waals surface area contributed by atoms with Crippen molar-refractivity contribution in [3.63, 3.8) is 0 Å². The van der Waals surface area contributed by atoms with Crippen LogP contribution < -0.4 is 0 Å². The van der Waals surface area contributed by atoms with E-state index in [-0.39, 0.29) is 4.90 Å². The Bertz CT molecular complexity index is 929. The van der Waals surface area contributed by atoms with Gasteiger partial charge in [-0.1, -0.05) is 72.8 Å². The lowest BCUT2D eigenvalue weighted by Gasteiger charge is -2.06. The third kappa shape index (κ3) is 3.60. The lowest BCUT2D eigenvalue weighted by atomic mass is 10.0. The van der Waals surface area contributed by atoms with Gasteiger partial charge in [0.1, 0.15) is 5.75 Å². The lowest BCUT2D eigenvalue weighted by molar-refractivity contribution is 0.102. The summed E-state index contributed by atoms with van der Waals surface area (Å²) in [6.07, 6.45) is 0. The standard InChI is InChI=1S/C20H16O3S/c21-20(15-24(22,23)19-9-5-2-6-10-19)18-13-11-17(12-14-18)16-7-3-1-4-8-16/h1-14H,15H2. The Labute approximate surface area is 141 Å². The molecule has 3 aromatic rings. The molecule has 3 rings (SSSR count). The zero-order valence-corrected chi connectivity index (χ0v) is 13.7. The highest BCUT2D eigenvalue weighted by molar-refractivity contribution is 7.92. The molecule has 0 aliphatic carbocycles. The molecule has 0 saturated heterocycles. The maximum absolute atomic E-state index is 12.3. The molecule has 0 amide bonds. The van der Waals surface area contributed by atoms with Crippen LogP contribution in [-0.4, -0.2) is 20.0 Å². The predicted molar refractivity (Wildman–Crippen MR) is 94.7 cm³/mol. The summed E-state index contributed by atoms with van der Waals surface area (Å²) in [6, 6.07) is 24.8. The molecule has 24 heavy (non-hydrogen) atoms. The van der Waals surface area contributed by atoms with Crippen LogP contribution in [0.3, 0.4) is 0 Å². The smallest absolute Gasteiger partial charge is 0.185 e. The van der Waals surface area contributed by atoms with Crippen molar-refractivity contribution in [2.24, 2.45) is 0 Å². The van der Waals surface area contributed by atoms with Crippen molar-refractivity contribution >= 4 is 15.6 Å². The van der Waals surface area contributed by atoms with E-state index in [4.69, 9.17) is 0 Å². The van der Waals surface area contributed by atoms with Crippen LogP contribution in [0.4, 0.5) is 0 Å². The maximum Gasteiger partial charge on any atom is 0.185 e. The fraction of sp³-hybridized carbons (Fsp3) is 0.0500. The summed E-state index contributed by atoms with van der Waals surface area (Å²) in [7, 11) is -3.62. The molecular weight excluding hydrogens is 320 g/mol. The minimum Gasteiger partial charge on any atom is -0.293 e. The molecule has 120 valence electrons. The highest BCUT2D eigenvalue weighted by atomic mass is 32.2. The van der Waals surface area contributed by atoms with Crippen LogP contribution in [0.5, 0.6) is 0 Å². The molecule has 0 aliphatic heterocycles. The molecule has 3 nitrogen and oxygen atoms in total. The minimum atomic E-state index is -3.62. The van der Waals surface area contributed by atoms with Gasteiger partial charge >= 0.3 is 0 Å². The molecule has 0 N–H and O–H groups in total. The third-order valence-corrected chi connectivity index (χ3v) is 5.37. The van der Waals surface area contributed by atoms with Crippen LogP contribution in [0.15, 0.2) is 89.8 Å². The second-order valence-corrected chi connectivity index (χ2v) is 7.43. The van der Waals surface area contributed by atoms with Crippen molar-refractivity contribution in [2.75, 3.05) is 5.75 Å². The van der Waals surface area contributed by atoms with E-state index in [0.717, 1.165) is 11.1 Å². The van der Waals surface area contributed by atoms with Crippen LogP contribution in [0.1, 0.15) is 10.4 Å². The van der Waals surface area contributed by atoms with Crippen LogP contribution in [0, 0.1) is 0 Å². The first-order valence-corrected chi connectivity index (χ1v) is 9.18. The van der Waals surface area contributed by atoms with Crippen molar-refractivity contribution in [1.82, 2.24) is 0 Å². The molecule has 0 aromatic heterocycles. The summed E-state index contributed by atoms with van der Waals surface area (Å²) in [5.74, 6) is -0.930. The van der Waals surface area contributed by atoms with Gasteiger partial charge in [-0.05, 0) is 23.3 Å². The van der Waals surface area contributed by atoms with Gasteiger partial charge in [0.2, 0.25) is 0 Å². The molecule has 3 aromatic carbocycles. The second kappa shape index (κ2) is 6.81. The van der Waals surface area contributed by atoms with Crippen LogP contribution in [0.25, 0.3) is 11.1 Å². The fourth-order valence-corrected chi connectivity index (χ4v) is 3.70. The van der Waals surface area contributed by atoms with Gasteiger partial charge in [-0.15, -0.1) is 0 Å². The Balaban J connectivity index is 1.79. The van der Waals surface area contributed by atoms with Gasteiger partial charge in [-0.2, -0.15) is 0 Å². The van der Waals surface area contributed by atoms with Crippen molar-refractivity contribution in [3.05, 3.63) is 90.5 Å². The van der Waals surface area contributed by atoms with Crippen LogP contribution >= 0.6 is 0 Å². The second-order valence-electron chi connectivity index (χ2n) is 5.44. The van der Waals surface area contributed by atoms with Gasteiger partial charge in [0.15, 0.2) is 15.6 Å². The maximum atomic E-state index is 12.3. The molecule has 0 atom stereocenters.